The molecule has 1 aromatic carbocycles. The van der Waals surface area contributed by atoms with Crippen LogP contribution in [0, 0.1) is 12.8 Å². The molecule has 1 unspecified atom stereocenters. The van der Waals surface area contributed by atoms with Crippen molar-refractivity contribution < 1.29 is 9.84 Å². The van der Waals surface area contributed by atoms with Crippen molar-refractivity contribution in [1.82, 2.24) is 5.32 Å². The van der Waals surface area contributed by atoms with E-state index in [4.69, 9.17) is 4.74 Å². The van der Waals surface area contributed by atoms with Crippen molar-refractivity contribution in [3.63, 3.8) is 0 Å². The Morgan fingerprint density at radius 3 is 2.94 bits per heavy atom. The molecule has 0 saturated carbocycles. The molecule has 3 heteroatoms. The summed E-state index contributed by atoms with van der Waals surface area (Å²) < 4.78 is 5.22. The average Bonchev–Trinajstić information content (AvgIpc) is 2.76. The molecule has 1 saturated heterocycles. The monoisotopic (exact) mass is 221 g/mol. The van der Waals surface area contributed by atoms with Crippen LogP contribution in [0.4, 0.5) is 0 Å². The predicted molar refractivity (Wildman–Crippen MR) is 64.1 cm³/mol. The highest BCUT2D eigenvalue weighted by Gasteiger charge is 2.18. The molecule has 1 aliphatic heterocycles. The SMILES string of the molecule is COc1c(C)ccc(CC2CCNC2)c1O. The van der Waals surface area contributed by atoms with Crippen molar-refractivity contribution in [2.24, 2.45) is 5.92 Å². The Morgan fingerprint density at radius 2 is 2.31 bits per heavy atom. The van der Waals surface area contributed by atoms with Gasteiger partial charge in [0.05, 0.1) is 7.11 Å². The van der Waals surface area contributed by atoms with E-state index in [-0.39, 0.29) is 0 Å². The molecular formula is C13H19NO2. The summed E-state index contributed by atoms with van der Waals surface area (Å²) in [5.41, 5.74) is 1.98. The summed E-state index contributed by atoms with van der Waals surface area (Å²) in [6.07, 6.45) is 2.12. The molecule has 0 amide bonds. The quantitative estimate of drug-likeness (QED) is 0.818. The zero-order valence-corrected chi connectivity index (χ0v) is 9.92. The van der Waals surface area contributed by atoms with Crippen molar-refractivity contribution in [2.75, 3.05) is 20.2 Å². The molecule has 2 N–H and O–H groups in total. The third kappa shape index (κ3) is 2.14. The van der Waals surface area contributed by atoms with Gasteiger partial charge in [-0.05, 0) is 49.9 Å². The van der Waals surface area contributed by atoms with Crippen LogP contribution in [0.1, 0.15) is 17.5 Å². The van der Waals surface area contributed by atoms with Crippen LogP contribution < -0.4 is 10.1 Å². The van der Waals surface area contributed by atoms with Gasteiger partial charge in [0.15, 0.2) is 11.5 Å². The number of aryl methyl sites for hydroxylation is 1. The van der Waals surface area contributed by atoms with Gasteiger partial charge in [0.2, 0.25) is 0 Å². The number of rotatable bonds is 3. The lowest BCUT2D eigenvalue weighted by Gasteiger charge is -2.14. The first-order chi connectivity index (χ1) is 7.72. The fourth-order valence-corrected chi connectivity index (χ4v) is 2.33. The second-order valence-corrected chi connectivity index (χ2v) is 4.49. The molecule has 1 fully saturated rings. The van der Waals surface area contributed by atoms with Crippen molar-refractivity contribution in [3.05, 3.63) is 23.3 Å². The van der Waals surface area contributed by atoms with Crippen molar-refractivity contribution >= 4 is 0 Å². The Labute approximate surface area is 96.4 Å². The van der Waals surface area contributed by atoms with Gasteiger partial charge in [0.25, 0.3) is 0 Å². The summed E-state index contributed by atoms with van der Waals surface area (Å²) in [6, 6.07) is 4.02. The van der Waals surface area contributed by atoms with Gasteiger partial charge in [0, 0.05) is 0 Å². The lowest BCUT2D eigenvalue weighted by Crippen LogP contribution is -2.11. The summed E-state index contributed by atoms with van der Waals surface area (Å²) in [7, 11) is 1.60. The van der Waals surface area contributed by atoms with Gasteiger partial charge >= 0.3 is 0 Å². The van der Waals surface area contributed by atoms with E-state index >= 15 is 0 Å². The third-order valence-corrected chi connectivity index (χ3v) is 3.29. The maximum atomic E-state index is 10.1. The minimum absolute atomic E-state index is 0.314. The molecule has 1 heterocycles. The average molecular weight is 221 g/mol. The number of aromatic hydroxyl groups is 1. The van der Waals surface area contributed by atoms with Crippen LogP contribution in [0.25, 0.3) is 0 Å². The summed E-state index contributed by atoms with van der Waals surface area (Å²) in [6.45, 7) is 4.09. The summed E-state index contributed by atoms with van der Waals surface area (Å²) in [5.74, 6) is 1.57. The molecule has 0 spiro atoms. The molecule has 1 aromatic rings. The van der Waals surface area contributed by atoms with Crippen LogP contribution in [-0.2, 0) is 6.42 Å². The number of hydrogen-bond donors (Lipinski definition) is 2. The highest BCUT2D eigenvalue weighted by molar-refractivity contribution is 5.50. The van der Waals surface area contributed by atoms with Gasteiger partial charge in [-0.3, -0.25) is 0 Å². The van der Waals surface area contributed by atoms with E-state index in [1.807, 2.05) is 19.1 Å². The molecule has 16 heavy (non-hydrogen) atoms. The second kappa shape index (κ2) is 4.74. The van der Waals surface area contributed by atoms with E-state index in [0.29, 0.717) is 17.4 Å². The van der Waals surface area contributed by atoms with Crippen LogP contribution in [0.2, 0.25) is 0 Å². The Hall–Kier alpha value is -1.22. The van der Waals surface area contributed by atoms with Crippen LogP contribution in [0.5, 0.6) is 11.5 Å². The summed E-state index contributed by atoms with van der Waals surface area (Å²) >= 11 is 0. The number of hydrogen-bond acceptors (Lipinski definition) is 3. The summed E-state index contributed by atoms with van der Waals surface area (Å²) in [4.78, 5) is 0. The lowest BCUT2D eigenvalue weighted by molar-refractivity contribution is 0.366. The normalized spacial score (nSPS) is 20.0. The van der Waals surface area contributed by atoms with E-state index in [9.17, 15) is 5.11 Å². The van der Waals surface area contributed by atoms with Crippen molar-refractivity contribution in [1.29, 1.82) is 0 Å². The van der Waals surface area contributed by atoms with Gasteiger partial charge in [-0.25, -0.2) is 0 Å². The van der Waals surface area contributed by atoms with Crippen LogP contribution >= 0.6 is 0 Å². The Morgan fingerprint density at radius 1 is 1.50 bits per heavy atom. The summed E-state index contributed by atoms with van der Waals surface area (Å²) in [5, 5.41) is 13.4. The van der Waals surface area contributed by atoms with Gasteiger partial charge in [-0.1, -0.05) is 12.1 Å². The van der Waals surface area contributed by atoms with E-state index < -0.39 is 0 Å². The molecule has 0 aliphatic carbocycles. The molecule has 1 aliphatic rings. The minimum Gasteiger partial charge on any atom is -0.504 e. The molecule has 1 atom stereocenters. The number of benzene rings is 1. The third-order valence-electron chi connectivity index (χ3n) is 3.29. The molecule has 0 radical (unpaired) electrons. The number of nitrogens with one attached hydrogen (secondary N) is 1. The zero-order chi connectivity index (χ0) is 11.5. The maximum Gasteiger partial charge on any atom is 0.163 e. The first-order valence-electron chi connectivity index (χ1n) is 5.78. The van der Waals surface area contributed by atoms with Gasteiger partial charge in [-0.2, -0.15) is 0 Å². The molecule has 88 valence electrons. The Bertz CT molecular complexity index is 370. The molecule has 3 nitrogen and oxygen atoms in total. The van der Waals surface area contributed by atoms with E-state index in [2.05, 4.69) is 5.32 Å². The van der Waals surface area contributed by atoms with Crippen molar-refractivity contribution in [2.45, 2.75) is 19.8 Å². The van der Waals surface area contributed by atoms with Crippen LogP contribution in [0.3, 0.4) is 0 Å². The highest BCUT2D eigenvalue weighted by Crippen LogP contribution is 2.34. The van der Waals surface area contributed by atoms with E-state index in [0.717, 1.165) is 30.6 Å². The largest absolute Gasteiger partial charge is 0.504 e. The number of ether oxygens (including phenoxy) is 1. The lowest BCUT2D eigenvalue weighted by atomic mass is 9.97. The van der Waals surface area contributed by atoms with Crippen LogP contribution in [-0.4, -0.2) is 25.3 Å². The maximum absolute atomic E-state index is 10.1. The zero-order valence-electron chi connectivity index (χ0n) is 9.92. The fraction of sp³-hybridized carbons (Fsp3) is 0.538. The van der Waals surface area contributed by atoms with Crippen molar-refractivity contribution in [3.8, 4) is 11.5 Å². The second-order valence-electron chi connectivity index (χ2n) is 4.49. The van der Waals surface area contributed by atoms with E-state index in [1.54, 1.807) is 7.11 Å². The minimum atomic E-state index is 0.314. The van der Waals surface area contributed by atoms with Gasteiger partial charge in [-0.15, -0.1) is 0 Å². The predicted octanol–water partition coefficient (Wildman–Crippen LogP) is 1.86. The fourth-order valence-electron chi connectivity index (χ4n) is 2.33. The number of phenolic OH excluding ortho intramolecular Hbond substituents is 1. The Balaban J connectivity index is 2.20. The van der Waals surface area contributed by atoms with E-state index in [1.165, 1.54) is 6.42 Å². The number of methoxy groups -OCH3 is 1. The first kappa shape index (κ1) is 11.3. The molecule has 0 bridgehead atoms. The highest BCUT2D eigenvalue weighted by atomic mass is 16.5. The topological polar surface area (TPSA) is 41.5 Å². The number of phenols is 1. The molecule has 0 aromatic heterocycles. The van der Waals surface area contributed by atoms with Crippen LogP contribution in [0.15, 0.2) is 12.1 Å². The molecule has 2 rings (SSSR count). The standard InChI is InChI=1S/C13H19NO2/c1-9-3-4-11(12(15)13(9)16-2)7-10-5-6-14-8-10/h3-4,10,14-15H,5-8H2,1-2H3. The Kier molecular flexibility index (Phi) is 3.34. The first-order valence-corrected chi connectivity index (χ1v) is 5.78. The van der Waals surface area contributed by atoms with Gasteiger partial charge < -0.3 is 15.2 Å². The van der Waals surface area contributed by atoms with Gasteiger partial charge in [0.1, 0.15) is 0 Å². The molecular weight excluding hydrogens is 202 g/mol. The smallest absolute Gasteiger partial charge is 0.163 e.